The Morgan fingerprint density at radius 3 is 2.34 bits per heavy atom. The number of barbiturate groups is 1. The summed E-state index contributed by atoms with van der Waals surface area (Å²) in [6.07, 6.45) is 1.31. The Balaban J connectivity index is 1.98. The van der Waals surface area contributed by atoms with Crippen LogP contribution >= 0.6 is 31.9 Å². The van der Waals surface area contributed by atoms with Gasteiger partial charge in [0.15, 0.2) is 6.61 Å². The zero-order valence-electron chi connectivity index (χ0n) is 14.4. The Labute approximate surface area is 181 Å². The van der Waals surface area contributed by atoms with Crippen LogP contribution in [0.5, 0.6) is 5.75 Å². The summed E-state index contributed by atoms with van der Waals surface area (Å²) in [5.41, 5.74) is 0.299. The van der Waals surface area contributed by atoms with E-state index in [0.717, 1.165) is 17.0 Å². The van der Waals surface area contributed by atoms with Crippen molar-refractivity contribution >= 4 is 61.5 Å². The van der Waals surface area contributed by atoms with Crippen LogP contribution in [-0.4, -0.2) is 24.5 Å². The van der Waals surface area contributed by atoms with Gasteiger partial charge in [-0.25, -0.2) is 14.1 Å². The number of halogens is 3. The minimum absolute atomic E-state index is 0.120. The molecule has 7 nitrogen and oxygen atoms in total. The van der Waals surface area contributed by atoms with Crippen LogP contribution in [0.2, 0.25) is 0 Å². The molecule has 1 aliphatic rings. The number of rotatable bonds is 4. The molecule has 4 amide bonds. The lowest BCUT2D eigenvalue weighted by molar-refractivity contribution is -0.122. The molecule has 2 aromatic carbocycles. The van der Waals surface area contributed by atoms with Gasteiger partial charge in [0.25, 0.3) is 11.8 Å². The molecule has 0 radical (unpaired) electrons. The lowest BCUT2D eigenvalue weighted by Gasteiger charge is -2.26. The van der Waals surface area contributed by atoms with Crippen molar-refractivity contribution in [1.29, 1.82) is 5.26 Å². The first-order chi connectivity index (χ1) is 13.8. The fourth-order valence-electron chi connectivity index (χ4n) is 2.55. The maximum atomic E-state index is 13.2. The zero-order valence-corrected chi connectivity index (χ0v) is 17.6. The highest BCUT2D eigenvalue weighted by Gasteiger charge is 2.36. The van der Waals surface area contributed by atoms with Gasteiger partial charge in [0.2, 0.25) is 0 Å². The van der Waals surface area contributed by atoms with Gasteiger partial charge in [-0.05, 0) is 79.9 Å². The monoisotopic (exact) mass is 521 g/mol. The summed E-state index contributed by atoms with van der Waals surface area (Å²) >= 11 is 6.62. The largest absolute Gasteiger partial charge is 0.476 e. The van der Waals surface area contributed by atoms with Crippen LogP contribution in [0, 0.1) is 17.1 Å². The van der Waals surface area contributed by atoms with Crippen LogP contribution in [0.15, 0.2) is 50.9 Å². The van der Waals surface area contributed by atoms with Gasteiger partial charge in [-0.1, -0.05) is 0 Å². The molecule has 2 aromatic rings. The number of hydrogen-bond donors (Lipinski definition) is 1. The molecule has 0 saturated carbocycles. The summed E-state index contributed by atoms with van der Waals surface area (Å²) in [5, 5.41) is 10.7. The molecule has 3 rings (SSSR count). The Morgan fingerprint density at radius 2 is 1.76 bits per heavy atom. The van der Waals surface area contributed by atoms with E-state index in [1.54, 1.807) is 12.1 Å². The predicted molar refractivity (Wildman–Crippen MR) is 108 cm³/mol. The second-order valence-electron chi connectivity index (χ2n) is 5.69. The highest BCUT2D eigenvalue weighted by molar-refractivity contribution is 9.11. The van der Waals surface area contributed by atoms with E-state index in [1.165, 1.54) is 18.2 Å². The fourth-order valence-corrected chi connectivity index (χ4v) is 4.00. The number of carbonyl (C=O) groups is 3. The molecule has 1 N–H and O–H groups in total. The quantitative estimate of drug-likeness (QED) is 0.484. The second-order valence-corrected chi connectivity index (χ2v) is 7.40. The summed E-state index contributed by atoms with van der Waals surface area (Å²) in [5.74, 6) is -1.84. The number of ether oxygens (including phenoxy) is 1. The number of imide groups is 2. The van der Waals surface area contributed by atoms with Gasteiger partial charge in [0.1, 0.15) is 23.2 Å². The van der Waals surface area contributed by atoms with E-state index >= 15 is 0 Å². The number of nitrogens with one attached hydrogen (secondary N) is 1. The first kappa shape index (κ1) is 20.7. The third-order valence-electron chi connectivity index (χ3n) is 3.80. The Kier molecular flexibility index (Phi) is 6.10. The Morgan fingerprint density at radius 1 is 1.14 bits per heavy atom. The van der Waals surface area contributed by atoms with Crippen LogP contribution < -0.4 is 15.0 Å². The van der Waals surface area contributed by atoms with E-state index in [4.69, 9.17) is 10.00 Å². The number of amides is 4. The average molecular weight is 523 g/mol. The molecule has 0 spiro atoms. The van der Waals surface area contributed by atoms with E-state index in [9.17, 15) is 18.8 Å². The second kappa shape index (κ2) is 8.55. The minimum Gasteiger partial charge on any atom is -0.476 e. The molecule has 1 fully saturated rings. The van der Waals surface area contributed by atoms with E-state index in [-0.39, 0.29) is 17.9 Å². The van der Waals surface area contributed by atoms with E-state index in [2.05, 4.69) is 37.2 Å². The zero-order chi connectivity index (χ0) is 21.1. The van der Waals surface area contributed by atoms with Gasteiger partial charge >= 0.3 is 6.03 Å². The summed E-state index contributed by atoms with van der Waals surface area (Å²) < 4.78 is 19.4. The van der Waals surface area contributed by atoms with Crippen molar-refractivity contribution in [2.45, 2.75) is 0 Å². The Bertz CT molecular complexity index is 1070. The first-order valence-corrected chi connectivity index (χ1v) is 9.56. The summed E-state index contributed by atoms with van der Waals surface area (Å²) in [6, 6.07) is 8.83. The van der Waals surface area contributed by atoms with Gasteiger partial charge in [-0.3, -0.25) is 14.9 Å². The molecule has 0 aliphatic carbocycles. The number of urea groups is 1. The lowest BCUT2D eigenvalue weighted by Crippen LogP contribution is -2.54. The van der Waals surface area contributed by atoms with Crippen molar-refractivity contribution in [2.75, 3.05) is 11.5 Å². The molecule has 0 unspecified atom stereocenters. The normalized spacial score (nSPS) is 15.3. The number of nitrogens with zero attached hydrogens (tertiary/aromatic N) is 2. The van der Waals surface area contributed by atoms with E-state index in [1.807, 2.05) is 6.07 Å². The van der Waals surface area contributed by atoms with Crippen LogP contribution in [-0.2, 0) is 9.59 Å². The lowest BCUT2D eigenvalue weighted by atomic mass is 10.1. The number of nitriles is 1. The van der Waals surface area contributed by atoms with Crippen molar-refractivity contribution in [2.24, 2.45) is 0 Å². The summed E-state index contributed by atoms with van der Waals surface area (Å²) in [7, 11) is 0. The molecule has 1 heterocycles. The number of carbonyl (C=O) groups excluding carboxylic acids is 3. The highest BCUT2D eigenvalue weighted by Crippen LogP contribution is 2.35. The van der Waals surface area contributed by atoms with Crippen LogP contribution in [0.1, 0.15) is 5.56 Å². The number of benzene rings is 2. The van der Waals surface area contributed by atoms with Crippen molar-refractivity contribution < 1.29 is 23.5 Å². The average Bonchev–Trinajstić information content (AvgIpc) is 2.66. The van der Waals surface area contributed by atoms with Crippen molar-refractivity contribution in [3.63, 3.8) is 0 Å². The van der Waals surface area contributed by atoms with Gasteiger partial charge in [-0.2, -0.15) is 5.26 Å². The van der Waals surface area contributed by atoms with Crippen LogP contribution in [0.3, 0.4) is 0 Å². The molecular formula is C19H10Br2FN3O4. The molecular weight excluding hydrogens is 513 g/mol. The number of hydrogen-bond acceptors (Lipinski definition) is 5. The van der Waals surface area contributed by atoms with Gasteiger partial charge in [0.05, 0.1) is 14.6 Å². The maximum absolute atomic E-state index is 13.2. The molecule has 1 saturated heterocycles. The van der Waals surface area contributed by atoms with Gasteiger partial charge in [0, 0.05) is 0 Å². The maximum Gasteiger partial charge on any atom is 0.335 e. The highest BCUT2D eigenvalue weighted by atomic mass is 79.9. The molecule has 10 heteroatoms. The molecule has 0 atom stereocenters. The SMILES string of the molecule is N#CCOc1c(Br)cc(/C=C2\C(=O)NC(=O)N(c3ccc(F)cc3)C2=O)cc1Br. The third-order valence-corrected chi connectivity index (χ3v) is 4.98. The standard InChI is InChI=1S/C19H10Br2FN3O4/c20-14-8-10(9-15(21)16(14)29-6-5-23)7-13-17(26)24-19(28)25(18(13)27)12-3-1-11(22)2-4-12/h1-4,7-9H,6H2,(H,24,26,28)/b13-7+. The Hall–Kier alpha value is -3.03. The molecule has 0 aromatic heterocycles. The fraction of sp³-hybridized carbons (Fsp3) is 0.0526. The minimum atomic E-state index is -0.925. The molecule has 1 aliphatic heterocycles. The van der Waals surface area contributed by atoms with Gasteiger partial charge < -0.3 is 4.74 Å². The van der Waals surface area contributed by atoms with Crippen LogP contribution in [0.4, 0.5) is 14.9 Å². The van der Waals surface area contributed by atoms with Crippen molar-refractivity contribution in [1.82, 2.24) is 5.32 Å². The van der Waals surface area contributed by atoms with E-state index < -0.39 is 23.7 Å². The van der Waals surface area contributed by atoms with Crippen molar-refractivity contribution in [3.8, 4) is 11.8 Å². The predicted octanol–water partition coefficient (Wildman–Crippen LogP) is 3.92. The van der Waals surface area contributed by atoms with Crippen molar-refractivity contribution in [3.05, 3.63) is 62.3 Å². The van der Waals surface area contributed by atoms with E-state index in [0.29, 0.717) is 20.3 Å². The molecule has 0 bridgehead atoms. The molecule has 146 valence electrons. The smallest absolute Gasteiger partial charge is 0.335 e. The summed E-state index contributed by atoms with van der Waals surface area (Å²) in [6.45, 7) is -0.159. The van der Waals surface area contributed by atoms with Gasteiger partial charge in [-0.15, -0.1) is 0 Å². The molecule has 29 heavy (non-hydrogen) atoms. The topological polar surface area (TPSA) is 99.5 Å². The third kappa shape index (κ3) is 4.36. The van der Waals surface area contributed by atoms with Crippen LogP contribution in [0.25, 0.3) is 6.08 Å². The number of anilines is 1. The first-order valence-electron chi connectivity index (χ1n) is 7.97. The summed E-state index contributed by atoms with van der Waals surface area (Å²) in [4.78, 5) is 37.9.